The summed E-state index contributed by atoms with van der Waals surface area (Å²) in [6.07, 6.45) is 5.62. The molecule has 1 aliphatic rings. The molecular weight excluding hydrogens is 262 g/mol. The maximum Gasteiger partial charge on any atom is 0.143 e. The topological polar surface area (TPSA) is 60.9 Å². The third kappa shape index (κ3) is 3.18. The first kappa shape index (κ1) is 14.5. The molecule has 1 aromatic rings. The third-order valence-corrected chi connectivity index (χ3v) is 4.58. The van der Waals surface area contributed by atoms with E-state index in [1.54, 1.807) is 4.68 Å². The summed E-state index contributed by atoms with van der Waals surface area (Å²) < 4.78 is 1.71. The van der Waals surface area contributed by atoms with Crippen LogP contribution in [0, 0.1) is 12.8 Å². The first-order valence-corrected chi connectivity index (χ1v) is 7.34. The number of aromatic nitrogens is 2. The molecule has 2 rings (SSSR count). The predicted molar refractivity (Wildman–Crippen MR) is 76.2 cm³/mol. The Hall–Kier alpha value is -0.870. The number of hydrogen-bond donors (Lipinski definition) is 1. The van der Waals surface area contributed by atoms with Crippen LogP contribution in [0.25, 0.3) is 0 Å². The van der Waals surface area contributed by atoms with Gasteiger partial charge in [0.05, 0.1) is 22.8 Å². The Morgan fingerprint density at radius 1 is 1.42 bits per heavy atom. The summed E-state index contributed by atoms with van der Waals surface area (Å²) in [5, 5.41) is 4.86. The van der Waals surface area contributed by atoms with Gasteiger partial charge in [-0.2, -0.15) is 5.10 Å². The lowest BCUT2D eigenvalue weighted by molar-refractivity contribution is -0.123. The summed E-state index contributed by atoms with van der Waals surface area (Å²) >= 11 is 6.20. The zero-order chi connectivity index (χ0) is 14.0. The summed E-state index contributed by atoms with van der Waals surface area (Å²) in [6.45, 7) is 1.85. The van der Waals surface area contributed by atoms with E-state index in [0.717, 1.165) is 37.1 Å². The minimum absolute atomic E-state index is 0.00287. The molecule has 1 fully saturated rings. The van der Waals surface area contributed by atoms with Gasteiger partial charge in [0.15, 0.2) is 0 Å². The highest BCUT2D eigenvalue weighted by Gasteiger charge is 2.28. The Kier molecular flexibility index (Phi) is 4.63. The van der Waals surface area contributed by atoms with Gasteiger partial charge in [-0.15, -0.1) is 0 Å². The summed E-state index contributed by atoms with van der Waals surface area (Å²) in [7, 11) is 1.83. The largest absolute Gasteiger partial charge is 0.327 e. The number of carbonyl (C=O) groups is 1. The van der Waals surface area contributed by atoms with Crippen LogP contribution in [0.3, 0.4) is 0 Å². The lowest BCUT2D eigenvalue weighted by atomic mass is 9.89. The van der Waals surface area contributed by atoms with E-state index in [-0.39, 0.29) is 17.7 Å². The van der Waals surface area contributed by atoms with Crippen LogP contribution < -0.4 is 5.73 Å². The molecule has 2 atom stereocenters. The first-order chi connectivity index (χ1) is 9.00. The Morgan fingerprint density at radius 2 is 2.11 bits per heavy atom. The van der Waals surface area contributed by atoms with Gasteiger partial charge < -0.3 is 5.73 Å². The zero-order valence-electron chi connectivity index (χ0n) is 11.7. The molecule has 19 heavy (non-hydrogen) atoms. The molecule has 1 heterocycles. The van der Waals surface area contributed by atoms with Gasteiger partial charge in [0.2, 0.25) is 0 Å². The summed E-state index contributed by atoms with van der Waals surface area (Å²) in [5.41, 5.74) is 7.72. The second kappa shape index (κ2) is 6.06. The van der Waals surface area contributed by atoms with Gasteiger partial charge in [-0.3, -0.25) is 9.48 Å². The first-order valence-electron chi connectivity index (χ1n) is 6.97. The minimum Gasteiger partial charge on any atom is -0.327 e. The van der Waals surface area contributed by atoms with E-state index >= 15 is 0 Å². The van der Waals surface area contributed by atoms with Crippen LogP contribution in [-0.4, -0.2) is 21.6 Å². The third-order valence-electron chi connectivity index (χ3n) is 4.09. The van der Waals surface area contributed by atoms with Crippen molar-refractivity contribution in [3.63, 3.8) is 0 Å². The summed E-state index contributed by atoms with van der Waals surface area (Å²) in [4.78, 5) is 12.5. The predicted octanol–water partition coefficient (Wildman–Crippen LogP) is 2.40. The van der Waals surface area contributed by atoms with Crippen LogP contribution in [-0.2, 0) is 18.3 Å². The van der Waals surface area contributed by atoms with Gasteiger partial charge in [-0.05, 0) is 19.8 Å². The van der Waals surface area contributed by atoms with Crippen LogP contribution in [0.5, 0.6) is 0 Å². The molecule has 5 heteroatoms. The Morgan fingerprint density at radius 3 is 2.74 bits per heavy atom. The van der Waals surface area contributed by atoms with Gasteiger partial charge in [-0.25, -0.2) is 0 Å². The van der Waals surface area contributed by atoms with Crippen molar-refractivity contribution in [2.45, 2.75) is 51.5 Å². The Bertz CT molecular complexity index is 470. The molecule has 106 valence electrons. The number of nitrogens with two attached hydrogens (primary N) is 1. The Labute approximate surface area is 119 Å². The second-order valence-corrected chi connectivity index (χ2v) is 5.90. The second-order valence-electron chi connectivity index (χ2n) is 5.52. The van der Waals surface area contributed by atoms with Crippen molar-refractivity contribution in [1.82, 2.24) is 9.78 Å². The zero-order valence-corrected chi connectivity index (χ0v) is 12.4. The van der Waals surface area contributed by atoms with Crippen LogP contribution in [0.15, 0.2) is 0 Å². The SMILES string of the molecule is Cc1nn(C)c(CC(=O)C2CCCCCC2N)c1Cl. The van der Waals surface area contributed by atoms with Crippen molar-refractivity contribution in [1.29, 1.82) is 0 Å². The summed E-state index contributed by atoms with van der Waals surface area (Å²) in [6, 6.07) is 0.00287. The molecule has 0 bridgehead atoms. The Balaban J connectivity index is 2.11. The number of aryl methyl sites for hydroxylation is 2. The number of rotatable bonds is 3. The monoisotopic (exact) mass is 283 g/mol. The van der Waals surface area contributed by atoms with Gasteiger partial charge in [-0.1, -0.05) is 30.9 Å². The standard InChI is InChI=1S/C14H22ClN3O/c1-9-14(15)12(18(2)17-9)8-13(19)10-6-4-3-5-7-11(10)16/h10-11H,3-8,16H2,1-2H3. The molecular formula is C14H22ClN3O. The van der Waals surface area contributed by atoms with E-state index in [0.29, 0.717) is 11.4 Å². The fraction of sp³-hybridized carbons (Fsp3) is 0.714. The average molecular weight is 284 g/mol. The fourth-order valence-electron chi connectivity index (χ4n) is 2.90. The van der Waals surface area contributed by atoms with E-state index in [2.05, 4.69) is 5.10 Å². The highest BCUT2D eigenvalue weighted by atomic mass is 35.5. The number of nitrogens with zero attached hydrogens (tertiary/aromatic N) is 2. The maximum atomic E-state index is 12.5. The maximum absolute atomic E-state index is 12.5. The average Bonchev–Trinajstić information content (AvgIpc) is 2.57. The molecule has 0 saturated heterocycles. The van der Waals surface area contributed by atoms with Crippen molar-refractivity contribution in [2.75, 3.05) is 0 Å². The minimum atomic E-state index is -0.0197. The van der Waals surface area contributed by atoms with Crippen LogP contribution in [0.1, 0.15) is 43.5 Å². The smallest absolute Gasteiger partial charge is 0.143 e. The van der Waals surface area contributed by atoms with E-state index < -0.39 is 0 Å². The van der Waals surface area contributed by atoms with E-state index in [9.17, 15) is 4.79 Å². The van der Waals surface area contributed by atoms with Crippen molar-refractivity contribution < 1.29 is 4.79 Å². The molecule has 0 spiro atoms. The molecule has 0 radical (unpaired) electrons. The number of ketones is 1. The van der Waals surface area contributed by atoms with Crippen molar-refractivity contribution in [3.8, 4) is 0 Å². The molecule has 0 aliphatic heterocycles. The van der Waals surface area contributed by atoms with Crippen LogP contribution in [0.4, 0.5) is 0 Å². The lowest BCUT2D eigenvalue weighted by Gasteiger charge is -2.20. The molecule has 1 aromatic heterocycles. The molecule has 2 unspecified atom stereocenters. The number of carbonyl (C=O) groups excluding carboxylic acids is 1. The molecule has 1 aliphatic carbocycles. The van der Waals surface area contributed by atoms with Crippen molar-refractivity contribution >= 4 is 17.4 Å². The lowest BCUT2D eigenvalue weighted by Crippen LogP contribution is -2.35. The summed E-state index contributed by atoms with van der Waals surface area (Å²) in [5.74, 6) is 0.188. The van der Waals surface area contributed by atoms with Gasteiger partial charge in [0, 0.05) is 19.0 Å². The quantitative estimate of drug-likeness (QED) is 0.867. The van der Waals surface area contributed by atoms with Gasteiger partial charge in [0.1, 0.15) is 5.78 Å². The molecule has 4 nitrogen and oxygen atoms in total. The van der Waals surface area contributed by atoms with Gasteiger partial charge >= 0.3 is 0 Å². The van der Waals surface area contributed by atoms with Crippen LogP contribution in [0.2, 0.25) is 5.02 Å². The number of halogens is 1. The fourth-order valence-corrected chi connectivity index (χ4v) is 3.13. The van der Waals surface area contributed by atoms with Gasteiger partial charge in [0.25, 0.3) is 0 Å². The van der Waals surface area contributed by atoms with E-state index in [1.165, 1.54) is 6.42 Å². The van der Waals surface area contributed by atoms with Crippen LogP contribution >= 0.6 is 11.6 Å². The highest BCUT2D eigenvalue weighted by Crippen LogP contribution is 2.26. The molecule has 2 N–H and O–H groups in total. The number of Topliss-reactive ketones (excluding diaryl/α,β-unsaturated/α-hetero) is 1. The molecule has 1 saturated carbocycles. The van der Waals surface area contributed by atoms with Crippen molar-refractivity contribution in [2.24, 2.45) is 18.7 Å². The van der Waals surface area contributed by atoms with E-state index in [1.807, 2.05) is 14.0 Å². The van der Waals surface area contributed by atoms with Crippen molar-refractivity contribution in [3.05, 3.63) is 16.4 Å². The normalized spacial score (nSPS) is 24.2. The highest BCUT2D eigenvalue weighted by molar-refractivity contribution is 6.32. The van der Waals surface area contributed by atoms with E-state index in [4.69, 9.17) is 17.3 Å². The molecule has 0 amide bonds. The molecule has 0 aromatic carbocycles. The number of hydrogen-bond acceptors (Lipinski definition) is 3.